The molecule has 1 rings (SSSR count). The lowest BCUT2D eigenvalue weighted by atomic mass is 10.3. The zero-order valence-electron chi connectivity index (χ0n) is 9.78. The van der Waals surface area contributed by atoms with E-state index in [0.29, 0.717) is 40.6 Å². The number of methoxy groups -OCH3 is 1. The normalized spacial score (nSPS) is 10.4. The van der Waals surface area contributed by atoms with E-state index >= 15 is 0 Å². The highest BCUT2D eigenvalue weighted by Crippen LogP contribution is 2.31. The molecule has 1 aromatic carbocycles. The maximum atomic E-state index is 12.4. The van der Waals surface area contributed by atoms with Crippen molar-refractivity contribution < 1.29 is 13.5 Å². The number of hydrogen-bond acceptors (Lipinski definition) is 3. The summed E-state index contributed by atoms with van der Waals surface area (Å²) in [6.07, 6.45) is 0. The van der Waals surface area contributed by atoms with Crippen LogP contribution in [-0.4, -0.2) is 31.1 Å². The third kappa shape index (κ3) is 5.61. The fourth-order valence-electron chi connectivity index (χ4n) is 1.20. The van der Waals surface area contributed by atoms with Crippen molar-refractivity contribution in [3.63, 3.8) is 0 Å². The third-order valence-corrected chi connectivity index (χ3v) is 2.98. The number of thiocarbonyl (C=S) groups is 1. The van der Waals surface area contributed by atoms with E-state index in [2.05, 4.69) is 10.6 Å². The minimum Gasteiger partial charge on any atom is -0.383 e. The van der Waals surface area contributed by atoms with E-state index in [1.165, 1.54) is 0 Å². The number of thioether (sulfide) groups is 1. The minimum atomic E-state index is -2.46. The summed E-state index contributed by atoms with van der Waals surface area (Å²) in [5.74, 6) is -2.46. The summed E-state index contributed by atoms with van der Waals surface area (Å²) in [5, 5.41) is 6.18. The van der Waals surface area contributed by atoms with Crippen LogP contribution in [0.1, 0.15) is 0 Å². The molecule has 2 N–H and O–H groups in total. The summed E-state index contributed by atoms with van der Waals surface area (Å²) in [6.45, 7) is 1.09. The molecule has 0 saturated heterocycles. The molecule has 18 heavy (non-hydrogen) atoms. The Hall–Kier alpha value is -0.920. The van der Waals surface area contributed by atoms with Crippen molar-refractivity contribution in [2.75, 3.05) is 25.6 Å². The highest BCUT2D eigenvalue weighted by atomic mass is 32.2. The van der Waals surface area contributed by atoms with Crippen LogP contribution in [0, 0.1) is 0 Å². The van der Waals surface area contributed by atoms with Crippen molar-refractivity contribution in [1.82, 2.24) is 5.32 Å². The van der Waals surface area contributed by atoms with Gasteiger partial charge < -0.3 is 15.4 Å². The van der Waals surface area contributed by atoms with Crippen molar-refractivity contribution in [2.45, 2.75) is 10.7 Å². The maximum absolute atomic E-state index is 12.4. The Labute approximate surface area is 114 Å². The molecule has 0 spiro atoms. The van der Waals surface area contributed by atoms with Gasteiger partial charge in [0.05, 0.1) is 12.3 Å². The zero-order chi connectivity index (χ0) is 13.4. The standard InChI is InChI=1S/C11H14F2N2OS2/c1-16-7-6-14-11(17)15-8-4-2-3-5-9(8)18-10(12)13/h2-5,10H,6-7H2,1H3,(H2,14,15,17). The van der Waals surface area contributed by atoms with Gasteiger partial charge in [0, 0.05) is 18.6 Å². The van der Waals surface area contributed by atoms with Crippen LogP contribution in [0.3, 0.4) is 0 Å². The van der Waals surface area contributed by atoms with Crippen molar-refractivity contribution in [1.29, 1.82) is 0 Å². The van der Waals surface area contributed by atoms with Crippen molar-refractivity contribution >= 4 is 34.8 Å². The maximum Gasteiger partial charge on any atom is 0.288 e. The summed E-state index contributed by atoms with van der Waals surface area (Å²) >= 11 is 5.54. The van der Waals surface area contributed by atoms with E-state index in [1.807, 2.05) is 0 Å². The molecule has 0 aromatic heterocycles. The van der Waals surface area contributed by atoms with E-state index < -0.39 is 5.76 Å². The molecule has 0 amide bonds. The van der Waals surface area contributed by atoms with Crippen LogP contribution < -0.4 is 10.6 Å². The summed E-state index contributed by atoms with van der Waals surface area (Å²) in [7, 11) is 1.59. The molecule has 0 atom stereocenters. The fourth-order valence-corrected chi connectivity index (χ4v) is 2.01. The second-order valence-corrected chi connectivity index (χ2v) is 4.69. The van der Waals surface area contributed by atoms with Gasteiger partial charge in [0.1, 0.15) is 0 Å². The van der Waals surface area contributed by atoms with Crippen molar-refractivity contribution in [3.05, 3.63) is 24.3 Å². The van der Waals surface area contributed by atoms with Crippen LogP contribution in [0.5, 0.6) is 0 Å². The number of alkyl halides is 2. The minimum absolute atomic E-state index is 0.384. The van der Waals surface area contributed by atoms with Crippen LogP contribution >= 0.6 is 24.0 Å². The first-order valence-corrected chi connectivity index (χ1v) is 6.50. The van der Waals surface area contributed by atoms with Gasteiger partial charge in [-0.3, -0.25) is 0 Å². The first-order valence-electron chi connectivity index (χ1n) is 5.21. The molecule has 7 heteroatoms. The molecular formula is C11H14F2N2OS2. The second kappa shape index (κ2) is 8.23. The Morgan fingerprint density at radius 3 is 2.83 bits per heavy atom. The topological polar surface area (TPSA) is 33.3 Å². The van der Waals surface area contributed by atoms with E-state index in [0.717, 1.165) is 0 Å². The van der Waals surface area contributed by atoms with Gasteiger partial charge in [0.15, 0.2) is 5.11 Å². The molecule has 100 valence electrons. The molecule has 0 aliphatic heterocycles. The average Bonchev–Trinajstić information content (AvgIpc) is 2.31. The van der Waals surface area contributed by atoms with Gasteiger partial charge in [-0.05, 0) is 24.4 Å². The Bertz CT molecular complexity index is 391. The first kappa shape index (κ1) is 15.1. The van der Waals surface area contributed by atoms with Crippen molar-refractivity contribution in [3.8, 4) is 0 Å². The molecule has 0 radical (unpaired) electrons. The number of rotatable bonds is 6. The van der Waals surface area contributed by atoms with E-state index in [4.69, 9.17) is 17.0 Å². The molecule has 0 bridgehead atoms. The van der Waals surface area contributed by atoms with Crippen LogP contribution in [0.15, 0.2) is 29.2 Å². The Morgan fingerprint density at radius 2 is 2.17 bits per heavy atom. The van der Waals surface area contributed by atoms with E-state index in [-0.39, 0.29) is 0 Å². The van der Waals surface area contributed by atoms with E-state index in [1.54, 1.807) is 31.4 Å². The number of para-hydroxylation sites is 1. The van der Waals surface area contributed by atoms with Gasteiger partial charge in [-0.25, -0.2) is 0 Å². The van der Waals surface area contributed by atoms with Gasteiger partial charge in [-0.15, -0.1) is 0 Å². The summed E-state index contributed by atoms with van der Waals surface area (Å²) in [6, 6.07) is 6.79. The molecule has 0 aliphatic carbocycles. The highest BCUT2D eigenvalue weighted by Gasteiger charge is 2.10. The molecule has 0 unspecified atom stereocenters. The Balaban J connectivity index is 2.57. The van der Waals surface area contributed by atoms with Gasteiger partial charge in [0.2, 0.25) is 0 Å². The van der Waals surface area contributed by atoms with Crippen LogP contribution in [0.4, 0.5) is 14.5 Å². The SMILES string of the molecule is COCCNC(=S)Nc1ccccc1SC(F)F. The number of halogens is 2. The van der Waals surface area contributed by atoms with Crippen LogP contribution in [-0.2, 0) is 4.74 Å². The summed E-state index contributed by atoms with van der Waals surface area (Å²) in [5.41, 5.74) is 0.567. The Morgan fingerprint density at radius 1 is 1.44 bits per heavy atom. The zero-order valence-corrected chi connectivity index (χ0v) is 11.4. The summed E-state index contributed by atoms with van der Waals surface area (Å²) < 4.78 is 29.6. The van der Waals surface area contributed by atoms with Gasteiger partial charge in [-0.1, -0.05) is 23.9 Å². The molecular weight excluding hydrogens is 278 g/mol. The van der Waals surface area contributed by atoms with Crippen molar-refractivity contribution in [2.24, 2.45) is 0 Å². The third-order valence-electron chi connectivity index (χ3n) is 1.94. The van der Waals surface area contributed by atoms with Gasteiger partial charge >= 0.3 is 0 Å². The molecule has 0 saturated carbocycles. The molecule has 0 aliphatic rings. The number of ether oxygens (including phenoxy) is 1. The second-order valence-electron chi connectivity index (χ2n) is 3.25. The predicted octanol–water partition coefficient (Wildman–Crippen LogP) is 2.93. The molecule has 3 nitrogen and oxygen atoms in total. The number of hydrogen-bond donors (Lipinski definition) is 2. The van der Waals surface area contributed by atoms with E-state index in [9.17, 15) is 8.78 Å². The highest BCUT2D eigenvalue weighted by molar-refractivity contribution is 7.99. The lowest BCUT2D eigenvalue weighted by Gasteiger charge is -2.13. The quantitative estimate of drug-likeness (QED) is 0.478. The first-order chi connectivity index (χ1) is 8.63. The predicted molar refractivity (Wildman–Crippen MR) is 74.4 cm³/mol. The lowest BCUT2D eigenvalue weighted by Crippen LogP contribution is -2.31. The number of anilines is 1. The number of benzene rings is 1. The lowest BCUT2D eigenvalue weighted by molar-refractivity contribution is 0.204. The number of nitrogens with one attached hydrogen (secondary N) is 2. The molecule has 0 fully saturated rings. The molecule has 1 aromatic rings. The largest absolute Gasteiger partial charge is 0.383 e. The van der Waals surface area contributed by atoms with Crippen LogP contribution in [0.25, 0.3) is 0 Å². The van der Waals surface area contributed by atoms with Crippen LogP contribution in [0.2, 0.25) is 0 Å². The average molecular weight is 292 g/mol. The van der Waals surface area contributed by atoms with Gasteiger partial charge in [0.25, 0.3) is 5.76 Å². The smallest absolute Gasteiger partial charge is 0.288 e. The Kier molecular flexibility index (Phi) is 6.92. The van der Waals surface area contributed by atoms with Gasteiger partial charge in [-0.2, -0.15) is 8.78 Å². The molecule has 0 heterocycles. The monoisotopic (exact) mass is 292 g/mol. The fraction of sp³-hybridized carbons (Fsp3) is 0.364. The summed E-state index contributed by atoms with van der Waals surface area (Å²) in [4.78, 5) is 0.461.